The van der Waals surface area contributed by atoms with Crippen molar-refractivity contribution in [2.75, 3.05) is 5.75 Å². The van der Waals surface area contributed by atoms with Crippen molar-refractivity contribution in [3.05, 3.63) is 0 Å². The molecule has 92 valence electrons. The lowest BCUT2D eigenvalue weighted by Gasteiger charge is -2.22. The number of aliphatic carboxylic acids is 1. The molecule has 2 saturated heterocycles. The summed E-state index contributed by atoms with van der Waals surface area (Å²) in [7, 11) is -3.24. The van der Waals surface area contributed by atoms with Crippen molar-refractivity contribution in [3.63, 3.8) is 0 Å². The highest BCUT2D eigenvalue weighted by molar-refractivity contribution is 7.89. The van der Waals surface area contributed by atoms with Gasteiger partial charge in [-0.2, -0.15) is 4.31 Å². The van der Waals surface area contributed by atoms with Gasteiger partial charge in [0.05, 0.1) is 11.7 Å². The Morgan fingerprint density at radius 3 is 2.62 bits per heavy atom. The second-order valence-corrected chi connectivity index (χ2v) is 6.62. The maximum Gasteiger partial charge on any atom is 0.308 e. The van der Waals surface area contributed by atoms with Gasteiger partial charge in [-0.1, -0.05) is 6.92 Å². The van der Waals surface area contributed by atoms with E-state index < -0.39 is 21.9 Å². The molecule has 0 aliphatic carbocycles. The zero-order valence-corrected chi connectivity index (χ0v) is 10.1. The van der Waals surface area contributed by atoms with Crippen LogP contribution in [0.15, 0.2) is 0 Å². The van der Waals surface area contributed by atoms with Gasteiger partial charge in [0, 0.05) is 12.1 Å². The van der Waals surface area contributed by atoms with Crippen LogP contribution in [0.5, 0.6) is 0 Å². The summed E-state index contributed by atoms with van der Waals surface area (Å²) >= 11 is 0. The molecule has 0 aromatic carbocycles. The Morgan fingerprint density at radius 2 is 2.12 bits per heavy atom. The number of fused-ring (bicyclic) bond motifs is 2. The van der Waals surface area contributed by atoms with Gasteiger partial charge in [-0.25, -0.2) is 8.42 Å². The Bertz CT molecular complexity index is 392. The zero-order chi connectivity index (χ0) is 11.9. The van der Waals surface area contributed by atoms with Crippen molar-refractivity contribution < 1.29 is 18.3 Å². The van der Waals surface area contributed by atoms with E-state index in [-0.39, 0.29) is 17.8 Å². The van der Waals surface area contributed by atoms with Gasteiger partial charge >= 0.3 is 5.97 Å². The number of carboxylic acids is 1. The second-order valence-electron chi connectivity index (χ2n) is 4.62. The lowest BCUT2D eigenvalue weighted by Crippen LogP contribution is -2.39. The highest BCUT2D eigenvalue weighted by Gasteiger charge is 2.53. The number of hydrogen-bond donors (Lipinski definition) is 1. The maximum atomic E-state index is 12.0. The largest absolute Gasteiger partial charge is 0.481 e. The molecular weight excluding hydrogens is 230 g/mol. The Morgan fingerprint density at radius 1 is 1.44 bits per heavy atom. The van der Waals surface area contributed by atoms with Crippen LogP contribution >= 0.6 is 0 Å². The first kappa shape index (κ1) is 11.9. The lowest BCUT2D eigenvalue weighted by atomic mass is 9.89. The molecular formula is C10H17NO4S. The van der Waals surface area contributed by atoms with Crippen LogP contribution in [0.1, 0.15) is 32.6 Å². The summed E-state index contributed by atoms with van der Waals surface area (Å²) in [4.78, 5) is 11.0. The van der Waals surface area contributed by atoms with E-state index in [1.54, 1.807) is 0 Å². The Kier molecular flexibility index (Phi) is 2.96. The average Bonchev–Trinajstić information content (AvgIpc) is 2.74. The molecule has 2 aliphatic heterocycles. The topological polar surface area (TPSA) is 74.7 Å². The summed E-state index contributed by atoms with van der Waals surface area (Å²) in [6.45, 7) is 1.82. The Hall–Kier alpha value is -0.620. The van der Waals surface area contributed by atoms with Gasteiger partial charge in [-0.3, -0.25) is 4.79 Å². The maximum absolute atomic E-state index is 12.0. The molecule has 2 heterocycles. The van der Waals surface area contributed by atoms with Crippen molar-refractivity contribution >= 4 is 16.0 Å². The van der Waals surface area contributed by atoms with Crippen molar-refractivity contribution in [1.82, 2.24) is 4.31 Å². The van der Waals surface area contributed by atoms with Gasteiger partial charge < -0.3 is 5.11 Å². The van der Waals surface area contributed by atoms with Gasteiger partial charge in [0.1, 0.15) is 0 Å². The molecule has 0 saturated carbocycles. The summed E-state index contributed by atoms with van der Waals surface area (Å²) in [5.41, 5.74) is 0. The molecule has 0 radical (unpaired) electrons. The smallest absolute Gasteiger partial charge is 0.308 e. The third-order valence-corrected chi connectivity index (χ3v) is 5.71. The van der Waals surface area contributed by atoms with Gasteiger partial charge in [-0.05, 0) is 25.7 Å². The molecule has 0 aromatic heterocycles. The standard InChI is InChI=1S/C10H17NO4S/c1-2-5-16(14,15)11-7-3-4-9(11)8(6-7)10(12)13/h7-9H,2-6H2,1H3,(H,12,13). The first-order chi connectivity index (χ1) is 7.47. The van der Waals surface area contributed by atoms with Gasteiger partial charge in [0.2, 0.25) is 10.0 Å². The number of sulfonamides is 1. The van der Waals surface area contributed by atoms with Crippen LogP contribution < -0.4 is 0 Å². The van der Waals surface area contributed by atoms with Crippen molar-refractivity contribution in [1.29, 1.82) is 0 Å². The van der Waals surface area contributed by atoms with Crippen LogP contribution in [0, 0.1) is 5.92 Å². The molecule has 3 atom stereocenters. The number of nitrogens with zero attached hydrogens (tertiary/aromatic N) is 1. The van der Waals surface area contributed by atoms with Crippen molar-refractivity contribution in [2.24, 2.45) is 5.92 Å². The quantitative estimate of drug-likeness (QED) is 0.792. The Labute approximate surface area is 95.5 Å². The Balaban J connectivity index is 2.23. The van der Waals surface area contributed by atoms with E-state index in [1.807, 2.05) is 6.92 Å². The molecule has 5 nitrogen and oxygen atoms in total. The first-order valence-electron chi connectivity index (χ1n) is 5.71. The third kappa shape index (κ3) is 1.73. The van der Waals surface area contributed by atoms with Gasteiger partial charge in [-0.15, -0.1) is 0 Å². The average molecular weight is 247 g/mol. The summed E-state index contributed by atoms with van der Waals surface area (Å²) < 4.78 is 25.5. The van der Waals surface area contributed by atoms with Crippen LogP contribution in [0.3, 0.4) is 0 Å². The van der Waals surface area contributed by atoms with Crippen molar-refractivity contribution in [3.8, 4) is 0 Å². The summed E-state index contributed by atoms with van der Waals surface area (Å²) in [6.07, 6.45) is 2.58. The van der Waals surface area contributed by atoms with E-state index in [4.69, 9.17) is 5.11 Å². The van der Waals surface area contributed by atoms with Crippen LogP contribution in [0.2, 0.25) is 0 Å². The minimum absolute atomic E-state index is 0.0670. The minimum Gasteiger partial charge on any atom is -0.481 e. The summed E-state index contributed by atoms with van der Waals surface area (Å²) in [5, 5.41) is 9.03. The highest BCUT2D eigenvalue weighted by Crippen LogP contribution is 2.43. The first-order valence-corrected chi connectivity index (χ1v) is 7.32. The van der Waals surface area contributed by atoms with Crippen LogP contribution in [0.4, 0.5) is 0 Å². The van der Waals surface area contributed by atoms with Crippen LogP contribution in [-0.2, 0) is 14.8 Å². The van der Waals surface area contributed by atoms with E-state index in [0.717, 1.165) is 6.42 Å². The fraction of sp³-hybridized carbons (Fsp3) is 0.900. The molecule has 1 N–H and O–H groups in total. The van der Waals surface area contributed by atoms with E-state index in [0.29, 0.717) is 19.3 Å². The van der Waals surface area contributed by atoms with Gasteiger partial charge in [0.25, 0.3) is 0 Å². The number of rotatable bonds is 4. The second kappa shape index (κ2) is 4.00. The van der Waals surface area contributed by atoms with Crippen LogP contribution in [-0.4, -0.2) is 41.6 Å². The molecule has 3 unspecified atom stereocenters. The van der Waals surface area contributed by atoms with E-state index in [2.05, 4.69) is 0 Å². The molecule has 16 heavy (non-hydrogen) atoms. The summed E-state index contributed by atoms with van der Waals surface area (Å²) in [6, 6.07) is -0.360. The summed E-state index contributed by atoms with van der Waals surface area (Å²) in [5.74, 6) is -1.22. The zero-order valence-electron chi connectivity index (χ0n) is 9.30. The number of carboxylic acid groups (broad SMARTS) is 1. The fourth-order valence-electron chi connectivity index (χ4n) is 3.00. The SMILES string of the molecule is CCCS(=O)(=O)N1C2CCC1C(C(=O)O)C2. The lowest BCUT2D eigenvalue weighted by molar-refractivity contribution is -0.142. The van der Waals surface area contributed by atoms with E-state index in [9.17, 15) is 13.2 Å². The monoisotopic (exact) mass is 247 g/mol. The normalized spacial score (nSPS) is 34.4. The van der Waals surface area contributed by atoms with Crippen molar-refractivity contribution in [2.45, 2.75) is 44.7 Å². The molecule has 6 heteroatoms. The highest BCUT2D eigenvalue weighted by atomic mass is 32.2. The van der Waals surface area contributed by atoms with Gasteiger partial charge in [0.15, 0.2) is 0 Å². The molecule has 2 aliphatic rings. The predicted octanol–water partition coefficient (Wildman–Crippen LogP) is 0.664. The number of carbonyl (C=O) groups is 1. The van der Waals surface area contributed by atoms with Crippen LogP contribution in [0.25, 0.3) is 0 Å². The molecule has 2 rings (SSSR count). The molecule has 0 amide bonds. The molecule has 2 bridgehead atoms. The molecule has 0 aromatic rings. The minimum atomic E-state index is -3.24. The predicted molar refractivity (Wildman–Crippen MR) is 58.5 cm³/mol. The van der Waals surface area contributed by atoms with E-state index in [1.165, 1.54) is 4.31 Å². The van der Waals surface area contributed by atoms with E-state index >= 15 is 0 Å². The molecule has 2 fully saturated rings. The third-order valence-electron chi connectivity index (χ3n) is 3.57. The molecule has 0 spiro atoms. The fourth-order valence-corrected chi connectivity index (χ4v) is 5.04. The number of hydrogen-bond acceptors (Lipinski definition) is 3.